The van der Waals surface area contributed by atoms with Crippen molar-refractivity contribution < 1.29 is 33.7 Å². The topological polar surface area (TPSA) is 165 Å². The molecule has 0 saturated heterocycles. The van der Waals surface area contributed by atoms with Gasteiger partial charge in [0.2, 0.25) is 17.7 Å². The molecule has 0 aromatic heterocycles. The number of rotatable bonds is 16. The summed E-state index contributed by atoms with van der Waals surface area (Å²) in [6, 6.07) is 14.5. The van der Waals surface area contributed by atoms with E-state index in [0.717, 1.165) is 35.3 Å². The molecule has 0 saturated carbocycles. The monoisotopic (exact) mass is 584 g/mol. The van der Waals surface area contributed by atoms with Crippen LogP contribution in [-0.2, 0) is 20.8 Å². The number of amides is 5. The highest BCUT2D eigenvalue weighted by atomic mass is 32.2. The Morgan fingerprint density at radius 3 is 2.07 bits per heavy atom. The Morgan fingerprint density at radius 2 is 1.49 bits per heavy atom. The van der Waals surface area contributed by atoms with Crippen LogP contribution in [0, 0.1) is 11.8 Å². The zero-order chi connectivity index (χ0) is 29.8. The molecule has 0 fully saturated rings. The molecule has 11 nitrogen and oxygen atoms in total. The highest BCUT2D eigenvalue weighted by molar-refractivity contribution is 7.93. The standard InChI is InChI=1S/C29H36N4O7S/c1-2-20(23(26(35)32-39)18-33-28(37)21-13-7-8-14-22(21)29(33)38)25(34)31-24(17-19-11-5-3-6-12-19)27(36)30-15-9-4-10-16-41-40/h3,5-8,11-14,20,23-24,39-40H,2,4,9-10,15-18H2,1H3,(H,30,36)(H,31,34)(H,32,35)/t20?,23?,24-/m0/s1. The summed E-state index contributed by atoms with van der Waals surface area (Å²) >= 11 is 0.777. The zero-order valence-corrected chi connectivity index (χ0v) is 23.7. The number of imide groups is 1. The smallest absolute Gasteiger partial charge is 0.261 e. The van der Waals surface area contributed by atoms with Gasteiger partial charge in [-0.1, -0.05) is 55.8 Å². The lowest BCUT2D eigenvalue weighted by atomic mass is 9.87. The number of nitrogens with zero attached hydrogens (tertiary/aromatic N) is 1. The van der Waals surface area contributed by atoms with E-state index in [1.54, 1.807) is 24.5 Å². The van der Waals surface area contributed by atoms with Gasteiger partial charge in [-0.25, -0.2) is 5.48 Å². The van der Waals surface area contributed by atoms with E-state index in [4.69, 9.17) is 4.55 Å². The molecular formula is C29H36N4O7S. The molecular weight excluding hydrogens is 548 g/mol. The Balaban J connectivity index is 1.76. The van der Waals surface area contributed by atoms with Crippen molar-refractivity contribution in [3.63, 3.8) is 0 Å². The van der Waals surface area contributed by atoms with Gasteiger partial charge in [0.1, 0.15) is 6.04 Å². The summed E-state index contributed by atoms with van der Waals surface area (Å²) in [6.07, 6.45) is 2.66. The molecule has 3 rings (SSSR count). The lowest BCUT2D eigenvalue weighted by Gasteiger charge is -2.28. The summed E-state index contributed by atoms with van der Waals surface area (Å²) in [6.45, 7) is 1.64. The Bertz CT molecular complexity index is 1190. The van der Waals surface area contributed by atoms with Crippen molar-refractivity contribution in [3.05, 3.63) is 71.3 Å². The molecule has 12 heteroatoms. The van der Waals surface area contributed by atoms with E-state index < -0.39 is 54.0 Å². The molecule has 5 N–H and O–H groups in total. The number of benzene rings is 2. The maximum Gasteiger partial charge on any atom is 0.261 e. The first kappa shape index (κ1) is 31.8. The molecule has 2 aromatic carbocycles. The second-order valence-electron chi connectivity index (χ2n) is 9.80. The van der Waals surface area contributed by atoms with Gasteiger partial charge in [-0.15, -0.1) is 0 Å². The van der Waals surface area contributed by atoms with Crippen LogP contribution in [0.3, 0.4) is 0 Å². The average Bonchev–Trinajstić information content (AvgIpc) is 3.23. The lowest BCUT2D eigenvalue weighted by molar-refractivity contribution is -0.141. The fourth-order valence-electron chi connectivity index (χ4n) is 4.87. The van der Waals surface area contributed by atoms with Gasteiger partial charge in [-0.05, 0) is 49.0 Å². The average molecular weight is 585 g/mol. The lowest BCUT2D eigenvalue weighted by Crippen LogP contribution is -2.53. The van der Waals surface area contributed by atoms with Gasteiger partial charge in [0.05, 0.1) is 23.0 Å². The summed E-state index contributed by atoms with van der Waals surface area (Å²) < 4.78 is 8.84. The van der Waals surface area contributed by atoms with Gasteiger partial charge in [0.25, 0.3) is 11.8 Å². The summed E-state index contributed by atoms with van der Waals surface area (Å²) in [5.41, 5.74) is 2.78. The van der Waals surface area contributed by atoms with Gasteiger partial charge < -0.3 is 15.2 Å². The maximum atomic E-state index is 13.6. The van der Waals surface area contributed by atoms with Crippen LogP contribution in [0.4, 0.5) is 0 Å². The Hall–Kier alpha value is -3.74. The third kappa shape index (κ3) is 8.38. The number of nitrogens with one attached hydrogen (secondary N) is 3. The highest BCUT2D eigenvalue weighted by Gasteiger charge is 2.42. The van der Waals surface area contributed by atoms with Crippen LogP contribution < -0.4 is 16.1 Å². The summed E-state index contributed by atoms with van der Waals surface area (Å²) in [7, 11) is 0. The van der Waals surface area contributed by atoms with E-state index in [1.807, 2.05) is 30.3 Å². The van der Waals surface area contributed by atoms with Crippen LogP contribution in [-0.4, -0.2) is 69.1 Å². The van der Waals surface area contributed by atoms with Gasteiger partial charge in [-0.2, -0.15) is 0 Å². The third-order valence-corrected chi connectivity index (χ3v) is 7.57. The molecule has 0 spiro atoms. The van der Waals surface area contributed by atoms with Gasteiger partial charge in [0.15, 0.2) is 0 Å². The Morgan fingerprint density at radius 1 is 0.854 bits per heavy atom. The van der Waals surface area contributed by atoms with Crippen molar-refractivity contribution in [2.24, 2.45) is 11.8 Å². The van der Waals surface area contributed by atoms with Crippen molar-refractivity contribution in [2.75, 3.05) is 18.8 Å². The number of unbranched alkanes of at least 4 members (excludes halogenated alkanes) is 2. The zero-order valence-electron chi connectivity index (χ0n) is 22.9. The minimum absolute atomic E-state index is 0.135. The fraction of sp³-hybridized carbons (Fsp3) is 0.414. The van der Waals surface area contributed by atoms with Crippen LogP contribution in [0.25, 0.3) is 0 Å². The van der Waals surface area contributed by atoms with Crippen molar-refractivity contribution >= 4 is 41.6 Å². The molecule has 3 atom stereocenters. The molecule has 0 aliphatic carbocycles. The molecule has 41 heavy (non-hydrogen) atoms. The SMILES string of the molecule is CCC(C(=O)N[C@@H](Cc1ccccc1)C(=O)NCCCCCSO)C(CN1C(=O)c2ccccc2C1=O)C(=O)NO. The van der Waals surface area contributed by atoms with Crippen LogP contribution in [0.1, 0.15) is 58.9 Å². The predicted molar refractivity (Wildman–Crippen MR) is 153 cm³/mol. The predicted octanol–water partition coefficient (Wildman–Crippen LogP) is 2.65. The fourth-order valence-corrected chi connectivity index (χ4v) is 5.20. The quantitative estimate of drug-likeness (QED) is 0.0661. The number of carbonyl (C=O) groups excluding carboxylic acids is 5. The number of hydrogen-bond donors (Lipinski definition) is 5. The molecule has 5 amide bonds. The van der Waals surface area contributed by atoms with E-state index in [9.17, 15) is 29.2 Å². The van der Waals surface area contributed by atoms with Crippen molar-refractivity contribution in [1.29, 1.82) is 0 Å². The van der Waals surface area contributed by atoms with Crippen molar-refractivity contribution in [1.82, 2.24) is 21.0 Å². The molecule has 0 radical (unpaired) electrons. The Kier molecular flexibility index (Phi) is 12.3. The first-order valence-electron chi connectivity index (χ1n) is 13.6. The highest BCUT2D eigenvalue weighted by Crippen LogP contribution is 2.26. The van der Waals surface area contributed by atoms with Crippen molar-refractivity contribution in [3.8, 4) is 0 Å². The first-order valence-corrected chi connectivity index (χ1v) is 14.5. The number of fused-ring (bicyclic) bond motifs is 1. The molecule has 2 aromatic rings. The van der Waals surface area contributed by atoms with E-state index in [2.05, 4.69) is 10.6 Å². The second-order valence-corrected chi connectivity index (χ2v) is 10.5. The van der Waals surface area contributed by atoms with Crippen LogP contribution >= 0.6 is 12.0 Å². The van der Waals surface area contributed by atoms with Crippen LogP contribution in [0.2, 0.25) is 0 Å². The Labute approximate surface area is 243 Å². The van der Waals surface area contributed by atoms with Crippen LogP contribution in [0.15, 0.2) is 54.6 Å². The first-order chi connectivity index (χ1) is 19.8. The number of hydroxylamine groups is 1. The van der Waals surface area contributed by atoms with E-state index in [1.165, 1.54) is 12.1 Å². The molecule has 1 aliphatic rings. The molecule has 2 unspecified atom stereocenters. The number of carbonyl (C=O) groups is 5. The normalized spacial score (nSPS) is 14.7. The molecule has 0 bridgehead atoms. The minimum atomic E-state index is -1.27. The van der Waals surface area contributed by atoms with E-state index >= 15 is 0 Å². The summed E-state index contributed by atoms with van der Waals surface area (Å²) in [5, 5.41) is 15.1. The van der Waals surface area contributed by atoms with E-state index in [-0.39, 0.29) is 24.0 Å². The summed E-state index contributed by atoms with van der Waals surface area (Å²) in [5.74, 6) is -4.82. The maximum absolute atomic E-state index is 13.6. The van der Waals surface area contributed by atoms with Gasteiger partial charge in [0, 0.05) is 25.3 Å². The van der Waals surface area contributed by atoms with Crippen LogP contribution in [0.5, 0.6) is 0 Å². The minimum Gasteiger partial charge on any atom is -0.354 e. The molecule has 1 heterocycles. The largest absolute Gasteiger partial charge is 0.354 e. The van der Waals surface area contributed by atoms with Gasteiger partial charge >= 0.3 is 0 Å². The van der Waals surface area contributed by atoms with Gasteiger partial charge in [-0.3, -0.25) is 34.1 Å². The third-order valence-electron chi connectivity index (χ3n) is 7.09. The summed E-state index contributed by atoms with van der Waals surface area (Å²) in [4.78, 5) is 66.3. The number of hydrogen-bond acceptors (Lipinski definition) is 8. The molecule has 1 aliphatic heterocycles. The second kappa shape index (κ2) is 15.9. The molecule has 220 valence electrons. The van der Waals surface area contributed by atoms with E-state index in [0.29, 0.717) is 18.7 Å². The van der Waals surface area contributed by atoms with Crippen molar-refractivity contribution in [2.45, 2.75) is 45.1 Å².